The van der Waals surface area contributed by atoms with Crippen molar-refractivity contribution >= 4 is 0 Å². The van der Waals surface area contributed by atoms with Gasteiger partial charge in [0.2, 0.25) is 0 Å². The van der Waals surface area contributed by atoms with E-state index in [4.69, 9.17) is 0 Å². The molecule has 1 aromatic heterocycles. The van der Waals surface area contributed by atoms with Crippen molar-refractivity contribution in [1.29, 1.82) is 0 Å². The number of benzene rings is 2. The Kier molecular flexibility index (Phi) is 10.5. The smallest absolute Gasteiger partial charge is 0.159 e. The minimum absolute atomic E-state index is 0.233. The summed E-state index contributed by atoms with van der Waals surface area (Å²) in [7, 11) is 0. The molecule has 3 aromatic rings. The molecule has 0 amide bonds. The van der Waals surface area contributed by atoms with Crippen LogP contribution in [0, 0.1) is 5.82 Å². The van der Waals surface area contributed by atoms with Crippen molar-refractivity contribution in [3.63, 3.8) is 0 Å². The highest BCUT2D eigenvalue weighted by Crippen LogP contribution is 2.27. The number of aromatic nitrogens is 2. The predicted molar refractivity (Wildman–Crippen MR) is 138 cm³/mol. The molecule has 3 heteroatoms. The van der Waals surface area contributed by atoms with Gasteiger partial charge in [-0.3, -0.25) is 0 Å². The number of halogens is 1. The van der Waals surface area contributed by atoms with E-state index >= 15 is 0 Å². The zero-order valence-corrected chi connectivity index (χ0v) is 20.5. The Morgan fingerprint density at radius 2 is 1.15 bits per heavy atom. The summed E-state index contributed by atoms with van der Waals surface area (Å²) in [6.07, 6.45) is 18.6. The SMILES string of the molecule is CCCCCCCc1ccc(-c2ccc(-c3ncc(CCCCCCC)cn3)cc2F)cc1. The van der Waals surface area contributed by atoms with Gasteiger partial charge in [0.15, 0.2) is 5.82 Å². The summed E-state index contributed by atoms with van der Waals surface area (Å²) in [6.45, 7) is 4.47. The Morgan fingerprint density at radius 3 is 1.73 bits per heavy atom. The summed E-state index contributed by atoms with van der Waals surface area (Å²) in [5, 5.41) is 0. The molecule has 0 radical (unpaired) electrons. The number of aryl methyl sites for hydroxylation is 2. The maximum Gasteiger partial charge on any atom is 0.159 e. The first-order valence-electron chi connectivity index (χ1n) is 12.9. The first-order chi connectivity index (χ1) is 16.2. The zero-order chi connectivity index (χ0) is 23.3. The van der Waals surface area contributed by atoms with Gasteiger partial charge in [0.1, 0.15) is 5.82 Å². The molecule has 0 aliphatic heterocycles. The second-order valence-electron chi connectivity index (χ2n) is 9.13. The number of nitrogens with zero attached hydrogens (tertiary/aromatic N) is 2. The van der Waals surface area contributed by atoms with Crippen LogP contribution in [0.2, 0.25) is 0 Å². The van der Waals surface area contributed by atoms with Crippen molar-refractivity contribution in [2.24, 2.45) is 0 Å². The topological polar surface area (TPSA) is 25.8 Å². The maximum absolute atomic E-state index is 14.9. The molecule has 0 saturated carbocycles. The van der Waals surface area contributed by atoms with Gasteiger partial charge in [-0.15, -0.1) is 0 Å². The van der Waals surface area contributed by atoms with Crippen LogP contribution in [-0.2, 0) is 12.8 Å². The summed E-state index contributed by atoms with van der Waals surface area (Å²) in [6, 6.07) is 13.6. The molecule has 0 atom stereocenters. The van der Waals surface area contributed by atoms with Crippen LogP contribution in [0.5, 0.6) is 0 Å². The fourth-order valence-corrected chi connectivity index (χ4v) is 4.24. The van der Waals surface area contributed by atoms with Gasteiger partial charge < -0.3 is 0 Å². The van der Waals surface area contributed by atoms with Crippen LogP contribution in [0.1, 0.15) is 89.2 Å². The highest BCUT2D eigenvalue weighted by atomic mass is 19.1. The van der Waals surface area contributed by atoms with Gasteiger partial charge in [-0.2, -0.15) is 0 Å². The molecule has 3 rings (SSSR count). The van der Waals surface area contributed by atoms with Gasteiger partial charge in [0.25, 0.3) is 0 Å². The first-order valence-corrected chi connectivity index (χ1v) is 12.9. The molecular weight excluding hydrogens is 407 g/mol. The standard InChI is InChI=1S/C30H39FN2/c1-3-5-7-9-11-13-24-15-17-26(18-16-24)28-20-19-27(21-29(28)31)30-32-22-25(23-33-30)14-12-10-8-6-4-2/h15-23H,3-14H2,1-2H3. The summed E-state index contributed by atoms with van der Waals surface area (Å²) >= 11 is 0. The summed E-state index contributed by atoms with van der Waals surface area (Å²) in [5.74, 6) is 0.344. The minimum atomic E-state index is -0.233. The third-order valence-corrected chi connectivity index (χ3v) is 6.34. The van der Waals surface area contributed by atoms with Crippen molar-refractivity contribution in [3.8, 4) is 22.5 Å². The zero-order valence-electron chi connectivity index (χ0n) is 20.5. The van der Waals surface area contributed by atoms with E-state index in [1.54, 1.807) is 6.07 Å². The van der Waals surface area contributed by atoms with Gasteiger partial charge in [-0.05, 0) is 48.4 Å². The fraction of sp³-hybridized carbons (Fsp3) is 0.467. The van der Waals surface area contributed by atoms with E-state index in [9.17, 15) is 4.39 Å². The average molecular weight is 447 g/mol. The Labute approximate surface area is 199 Å². The van der Waals surface area contributed by atoms with Crippen LogP contribution in [0.4, 0.5) is 4.39 Å². The number of unbranched alkanes of at least 4 members (excludes halogenated alkanes) is 8. The Morgan fingerprint density at radius 1 is 0.606 bits per heavy atom. The van der Waals surface area contributed by atoms with E-state index in [1.807, 2.05) is 36.7 Å². The van der Waals surface area contributed by atoms with Gasteiger partial charge in [0, 0.05) is 23.5 Å². The van der Waals surface area contributed by atoms with E-state index in [-0.39, 0.29) is 5.82 Å². The molecule has 0 saturated heterocycles. The molecule has 0 unspecified atom stereocenters. The molecule has 0 N–H and O–H groups in total. The van der Waals surface area contributed by atoms with Crippen molar-refractivity contribution in [2.75, 3.05) is 0 Å². The fourth-order valence-electron chi connectivity index (χ4n) is 4.24. The molecule has 1 heterocycles. The van der Waals surface area contributed by atoms with Crippen molar-refractivity contribution < 1.29 is 4.39 Å². The van der Waals surface area contributed by atoms with Crippen LogP contribution in [0.25, 0.3) is 22.5 Å². The lowest BCUT2D eigenvalue weighted by atomic mass is 9.99. The highest BCUT2D eigenvalue weighted by Gasteiger charge is 2.09. The van der Waals surface area contributed by atoms with Crippen LogP contribution < -0.4 is 0 Å². The second kappa shape index (κ2) is 13.9. The third kappa shape index (κ3) is 8.07. The molecule has 2 nitrogen and oxygen atoms in total. The average Bonchev–Trinajstić information content (AvgIpc) is 2.85. The van der Waals surface area contributed by atoms with Gasteiger partial charge in [-0.25, -0.2) is 14.4 Å². The Bertz CT molecular complexity index is 948. The number of hydrogen-bond donors (Lipinski definition) is 0. The normalized spacial score (nSPS) is 11.1. The lowest BCUT2D eigenvalue weighted by Gasteiger charge is -2.08. The molecule has 2 aromatic carbocycles. The van der Waals surface area contributed by atoms with E-state index in [1.165, 1.54) is 69.8 Å². The Balaban J connectivity index is 1.57. The number of hydrogen-bond acceptors (Lipinski definition) is 2. The van der Waals surface area contributed by atoms with Crippen LogP contribution in [0.3, 0.4) is 0 Å². The molecule has 0 bridgehead atoms. The molecule has 0 spiro atoms. The largest absolute Gasteiger partial charge is 0.236 e. The molecule has 0 aliphatic rings. The molecule has 0 aliphatic carbocycles. The second-order valence-corrected chi connectivity index (χ2v) is 9.13. The lowest BCUT2D eigenvalue weighted by molar-refractivity contribution is 0.630. The quantitative estimate of drug-likeness (QED) is 0.231. The highest BCUT2D eigenvalue weighted by molar-refractivity contribution is 5.68. The lowest BCUT2D eigenvalue weighted by Crippen LogP contribution is -1.94. The van der Waals surface area contributed by atoms with E-state index in [2.05, 4.69) is 35.9 Å². The van der Waals surface area contributed by atoms with Crippen LogP contribution >= 0.6 is 0 Å². The molecular formula is C30H39FN2. The minimum Gasteiger partial charge on any atom is -0.236 e. The summed E-state index contributed by atoms with van der Waals surface area (Å²) in [4.78, 5) is 8.98. The van der Waals surface area contributed by atoms with Crippen molar-refractivity contribution in [3.05, 3.63) is 71.8 Å². The maximum atomic E-state index is 14.9. The van der Waals surface area contributed by atoms with E-state index in [0.717, 1.165) is 29.5 Å². The van der Waals surface area contributed by atoms with E-state index in [0.29, 0.717) is 11.4 Å². The molecule has 33 heavy (non-hydrogen) atoms. The summed E-state index contributed by atoms with van der Waals surface area (Å²) < 4.78 is 14.9. The predicted octanol–water partition coefficient (Wildman–Crippen LogP) is 8.98. The van der Waals surface area contributed by atoms with E-state index < -0.39 is 0 Å². The third-order valence-electron chi connectivity index (χ3n) is 6.34. The molecule has 176 valence electrons. The van der Waals surface area contributed by atoms with Crippen LogP contribution in [0.15, 0.2) is 54.9 Å². The van der Waals surface area contributed by atoms with Crippen LogP contribution in [-0.4, -0.2) is 9.97 Å². The monoisotopic (exact) mass is 446 g/mol. The van der Waals surface area contributed by atoms with Crippen molar-refractivity contribution in [2.45, 2.75) is 90.9 Å². The first kappa shape index (κ1) is 25.1. The molecule has 0 fully saturated rings. The van der Waals surface area contributed by atoms with Crippen molar-refractivity contribution in [1.82, 2.24) is 9.97 Å². The van der Waals surface area contributed by atoms with Gasteiger partial charge in [-0.1, -0.05) is 102 Å². The number of rotatable bonds is 14. The van der Waals surface area contributed by atoms with Gasteiger partial charge in [0.05, 0.1) is 0 Å². The van der Waals surface area contributed by atoms with Gasteiger partial charge >= 0.3 is 0 Å². The Hall–Kier alpha value is -2.55. The summed E-state index contributed by atoms with van der Waals surface area (Å²) in [5.41, 5.74) is 4.73.